The van der Waals surface area contributed by atoms with Gasteiger partial charge in [-0.25, -0.2) is 5.43 Å². The Morgan fingerprint density at radius 1 is 0.750 bits per heavy atom. The van der Waals surface area contributed by atoms with Gasteiger partial charge in [0.05, 0.1) is 17.8 Å². The molecule has 0 radical (unpaired) electrons. The summed E-state index contributed by atoms with van der Waals surface area (Å²) >= 11 is 3.36. The number of amides is 2. The van der Waals surface area contributed by atoms with Crippen LogP contribution in [0.5, 0.6) is 0 Å². The lowest BCUT2D eigenvalue weighted by molar-refractivity contribution is 0.0951. The highest BCUT2D eigenvalue weighted by Crippen LogP contribution is 2.15. The lowest BCUT2D eigenvalue weighted by atomic mass is 10.1. The lowest BCUT2D eigenvalue weighted by Gasteiger charge is -2.10. The van der Waals surface area contributed by atoms with Gasteiger partial charge in [0.2, 0.25) is 0 Å². The van der Waals surface area contributed by atoms with E-state index < -0.39 is 0 Å². The van der Waals surface area contributed by atoms with Gasteiger partial charge in [-0.1, -0.05) is 60.7 Å². The monoisotopic (exact) mass is 435 g/mol. The van der Waals surface area contributed by atoms with E-state index in [1.54, 1.807) is 42.5 Å². The third kappa shape index (κ3) is 5.14. The Balaban J connectivity index is 1.76. The van der Waals surface area contributed by atoms with Gasteiger partial charge >= 0.3 is 0 Å². The minimum atomic E-state index is -0.338. The summed E-state index contributed by atoms with van der Waals surface area (Å²) in [5.41, 5.74) is 4.97. The van der Waals surface area contributed by atoms with E-state index in [-0.39, 0.29) is 18.4 Å². The van der Waals surface area contributed by atoms with Gasteiger partial charge in [0.1, 0.15) is 0 Å². The average molecular weight is 436 g/mol. The molecule has 0 saturated heterocycles. The van der Waals surface area contributed by atoms with Crippen molar-refractivity contribution in [2.24, 2.45) is 5.10 Å². The minimum Gasteiger partial charge on any atom is -0.346 e. The maximum absolute atomic E-state index is 12.4. The molecule has 2 amide bonds. The number of carbonyl (C=O) groups excluding carboxylic acids is 2. The highest BCUT2D eigenvalue weighted by atomic mass is 79.9. The topological polar surface area (TPSA) is 70.6 Å². The van der Waals surface area contributed by atoms with Crippen molar-refractivity contribution in [2.75, 3.05) is 6.54 Å². The van der Waals surface area contributed by atoms with E-state index in [2.05, 4.69) is 31.8 Å². The van der Waals surface area contributed by atoms with Crippen LogP contribution in [-0.2, 0) is 0 Å². The van der Waals surface area contributed by atoms with E-state index in [0.717, 1.165) is 5.56 Å². The summed E-state index contributed by atoms with van der Waals surface area (Å²) in [7, 11) is 0. The van der Waals surface area contributed by atoms with Crippen molar-refractivity contribution in [1.82, 2.24) is 10.7 Å². The molecule has 0 aliphatic carbocycles. The minimum absolute atomic E-state index is 0.175. The molecule has 0 heterocycles. The molecule has 0 aliphatic heterocycles. The van der Waals surface area contributed by atoms with Crippen molar-refractivity contribution < 1.29 is 9.59 Å². The van der Waals surface area contributed by atoms with Gasteiger partial charge in [0, 0.05) is 10.0 Å². The fourth-order valence-corrected chi connectivity index (χ4v) is 2.98. The van der Waals surface area contributed by atoms with Crippen molar-refractivity contribution in [3.05, 3.63) is 106 Å². The number of halogens is 1. The molecule has 3 rings (SSSR count). The van der Waals surface area contributed by atoms with Gasteiger partial charge in [0.15, 0.2) is 0 Å². The van der Waals surface area contributed by atoms with Crippen LogP contribution in [-0.4, -0.2) is 24.1 Å². The molecule has 0 atom stereocenters. The normalized spacial score (nSPS) is 11.0. The maximum atomic E-state index is 12.4. The molecule has 0 saturated carbocycles. The van der Waals surface area contributed by atoms with Crippen LogP contribution in [0, 0.1) is 0 Å². The third-order valence-corrected chi connectivity index (χ3v) is 4.66. The van der Waals surface area contributed by atoms with Gasteiger partial charge in [-0.2, -0.15) is 5.10 Å². The third-order valence-electron chi connectivity index (χ3n) is 3.97. The summed E-state index contributed by atoms with van der Waals surface area (Å²) in [6, 6.07) is 25.4. The van der Waals surface area contributed by atoms with E-state index in [0.29, 0.717) is 21.3 Å². The van der Waals surface area contributed by atoms with Crippen LogP contribution < -0.4 is 10.7 Å². The molecule has 0 aliphatic rings. The molecular weight excluding hydrogens is 418 g/mol. The number of rotatable bonds is 6. The SMILES string of the molecule is O=C(NC/C(=N/NC(=O)c1ccccc1Br)c1ccccc1)c1ccccc1. The number of hydrogen-bond acceptors (Lipinski definition) is 3. The quantitative estimate of drug-likeness (QED) is 0.453. The first kappa shape index (κ1) is 19.5. The molecule has 0 spiro atoms. The van der Waals surface area contributed by atoms with E-state index in [1.165, 1.54) is 0 Å². The standard InChI is InChI=1S/C22H18BrN3O2/c23-19-14-8-7-13-18(19)22(28)26-25-20(16-9-3-1-4-10-16)15-24-21(27)17-11-5-2-6-12-17/h1-14H,15H2,(H,24,27)(H,26,28)/b25-20-. The summed E-state index contributed by atoms with van der Waals surface area (Å²) in [6.07, 6.45) is 0. The number of benzene rings is 3. The zero-order chi connectivity index (χ0) is 19.8. The first-order valence-electron chi connectivity index (χ1n) is 8.65. The second kappa shape index (κ2) is 9.62. The predicted molar refractivity (Wildman–Crippen MR) is 113 cm³/mol. The molecule has 6 heteroatoms. The Hall–Kier alpha value is -3.25. The fourth-order valence-electron chi connectivity index (χ4n) is 2.52. The van der Waals surface area contributed by atoms with E-state index in [9.17, 15) is 9.59 Å². The number of nitrogens with one attached hydrogen (secondary N) is 2. The molecule has 5 nitrogen and oxygen atoms in total. The molecule has 0 bridgehead atoms. The van der Waals surface area contributed by atoms with Gasteiger partial charge in [-0.05, 0) is 45.8 Å². The molecule has 0 aromatic heterocycles. The van der Waals surface area contributed by atoms with E-state index >= 15 is 0 Å². The van der Waals surface area contributed by atoms with Crippen LogP contribution in [0.2, 0.25) is 0 Å². The second-order valence-corrected chi connectivity index (χ2v) is 6.75. The first-order valence-corrected chi connectivity index (χ1v) is 9.44. The maximum Gasteiger partial charge on any atom is 0.272 e. The average Bonchev–Trinajstić information content (AvgIpc) is 2.75. The largest absolute Gasteiger partial charge is 0.346 e. The smallest absolute Gasteiger partial charge is 0.272 e. The number of carbonyl (C=O) groups is 2. The van der Waals surface area contributed by atoms with Gasteiger partial charge < -0.3 is 5.32 Å². The summed E-state index contributed by atoms with van der Waals surface area (Å²) in [6.45, 7) is 0.175. The summed E-state index contributed by atoms with van der Waals surface area (Å²) in [5.74, 6) is -0.545. The molecule has 2 N–H and O–H groups in total. The Morgan fingerprint density at radius 3 is 1.96 bits per heavy atom. The van der Waals surface area contributed by atoms with Crippen LogP contribution in [0.25, 0.3) is 0 Å². The van der Waals surface area contributed by atoms with Gasteiger partial charge in [-0.15, -0.1) is 0 Å². The molecule has 0 fully saturated rings. The molecule has 0 unspecified atom stereocenters. The molecule has 28 heavy (non-hydrogen) atoms. The zero-order valence-corrected chi connectivity index (χ0v) is 16.5. The first-order chi connectivity index (χ1) is 13.6. The Bertz CT molecular complexity index is 989. The summed E-state index contributed by atoms with van der Waals surface area (Å²) < 4.78 is 0.682. The van der Waals surface area contributed by atoms with Crippen LogP contribution in [0.4, 0.5) is 0 Å². The van der Waals surface area contributed by atoms with Crippen molar-refractivity contribution >= 4 is 33.5 Å². The molecule has 140 valence electrons. The van der Waals surface area contributed by atoms with Crippen molar-refractivity contribution in [1.29, 1.82) is 0 Å². The molecule has 3 aromatic carbocycles. The summed E-state index contributed by atoms with van der Waals surface area (Å²) in [4.78, 5) is 24.8. The predicted octanol–water partition coefficient (Wildman–Crippen LogP) is 4.01. The second-order valence-electron chi connectivity index (χ2n) is 5.89. The highest BCUT2D eigenvalue weighted by molar-refractivity contribution is 9.10. The van der Waals surface area contributed by atoms with Crippen molar-refractivity contribution in [3.63, 3.8) is 0 Å². The zero-order valence-electron chi connectivity index (χ0n) is 14.9. The number of hydrogen-bond donors (Lipinski definition) is 2. The molecule has 3 aromatic rings. The van der Waals surface area contributed by atoms with Crippen molar-refractivity contribution in [2.45, 2.75) is 0 Å². The molecular formula is C22H18BrN3O2. The number of nitrogens with zero attached hydrogens (tertiary/aromatic N) is 1. The Kier molecular flexibility index (Phi) is 6.70. The van der Waals surface area contributed by atoms with Gasteiger partial charge in [0.25, 0.3) is 11.8 Å². The summed E-state index contributed by atoms with van der Waals surface area (Å²) in [5, 5.41) is 7.10. The highest BCUT2D eigenvalue weighted by Gasteiger charge is 2.11. The number of hydrazone groups is 1. The van der Waals surface area contributed by atoms with Crippen molar-refractivity contribution in [3.8, 4) is 0 Å². The lowest BCUT2D eigenvalue weighted by Crippen LogP contribution is -2.32. The van der Waals surface area contributed by atoms with Crippen LogP contribution >= 0.6 is 15.9 Å². The van der Waals surface area contributed by atoms with Crippen LogP contribution in [0.3, 0.4) is 0 Å². The van der Waals surface area contributed by atoms with Crippen LogP contribution in [0.1, 0.15) is 26.3 Å². The fraction of sp³-hybridized carbons (Fsp3) is 0.0455. The van der Waals surface area contributed by atoms with E-state index in [4.69, 9.17) is 0 Å². The van der Waals surface area contributed by atoms with Crippen LogP contribution in [0.15, 0.2) is 94.5 Å². The Morgan fingerprint density at radius 2 is 1.32 bits per heavy atom. The van der Waals surface area contributed by atoms with Gasteiger partial charge in [-0.3, -0.25) is 9.59 Å². The Labute approximate surface area is 171 Å². The van der Waals surface area contributed by atoms with E-state index in [1.807, 2.05) is 42.5 Å².